The van der Waals surface area contributed by atoms with Crippen LogP contribution in [0.4, 0.5) is 11.4 Å². The Labute approximate surface area is 183 Å². The van der Waals surface area contributed by atoms with Gasteiger partial charge in [0.15, 0.2) is 0 Å². The Hall–Kier alpha value is -2.56. The van der Waals surface area contributed by atoms with E-state index in [1.54, 1.807) is 13.8 Å². The predicted octanol–water partition coefficient (Wildman–Crippen LogP) is 4.06. The fraction of sp³-hybridized carbons (Fsp3) is 0.278. The molecular formula is C18H18Cl2N2O7S. The van der Waals surface area contributed by atoms with Crippen molar-refractivity contribution in [2.45, 2.75) is 24.8 Å². The van der Waals surface area contributed by atoms with Crippen molar-refractivity contribution in [3.8, 4) is 5.75 Å². The number of nitro groups is 1. The molecule has 0 spiro atoms. The monoisotopic (exact) mass is 476 g/mol. The number of benzene rings is 2. The Morgan fingerprint density at radius 1 is 1.17 bits per heavy atom. The number of hydrogen-bond acceptors (Lipinski definition) is 7. The third-order valence-corrected chi connectivity index (χ3v) is 6.26. The van der Waals surface area contributed by atoms with E-state index in [1.165, 1.54) is 25.3 Å². The smallest absolute Gasteiger partial charge is 0.327 e. The first kappa shape index (κ1) is 23.7. The summed E-state index contributed by atoms with van der Waals surface area (Å²) >= 11 is 11.8. The van der Waals surface area contributed by atoms with E-state index in [1.807, 2.05) is 0 Å². The SMILES string of the molecule is COc1ccc([N+](=O)[O-])cc1N(CC(=O)OC(C)C)S(=O)(=O)c1ccc(Cl)c(Cl)c1. The molecular weight excluding hydrogens is 459 g/mol. The van der Waals surface area contributed by atoms with E-state index < -0.39 is 39.3 Å². The number of carbonyl (C=O) groups excluding carboxylic acids is 1. The van der Waals surface area contributed by atoms with Gasteiger partial charge >= 0.3 is 5.97 Å². The first-order valence-corrected chi connectivity index (χ1v) is 10.7. The lowest BCUT2D eigenvalue weighted by atomic mass is 10.2. The number of anilines is 1. The highest BCUT2D eigenvalue weighted by molar-refractivity contribution is 7.92. The van der Waals surface area contributed by atoms with Crippen LogP contribution in [-0.4, -0.2) is 39.1 Å². The van der Waals surface area contributed by atoms with Gasteiger partial charge in [-0.1, -0.05) is 23.2 Å². The van der Waals surface area contributed by atoms with Crippen LogP contribution < -0.4 is 9.04 Å². The largest absolute Gasteiger partial charge is 0.495 e. The van der Waals surface area contributed by atoms with Crippen molar-refractivity contribution in [1.82, 2.24) is 0 Å². The van der Waals surface area contributed by atoms with Gasteiger partial charge in [-0.2, -0.15) is 0 Å². The van der Waals surface area contributed by atoms with Crippen LogP contribution in [0, 0.1) is 10.1 Å². The number of rotatable bonds is 8. The molecule has 0 saturated carbocycles. The average molecular weight is 477 g/mol. The second-order valence-corrected chi connectivity index (χ2v) is 8.92. The molecule has 0 saturated heterocycles. The van der Waals surface area contributed by atoms with E-state index >= 15 is 0 Å². The van der Waals surface area contributed by atoms with Gasteiger partial charge in [0.2, 0.25) is 0 Å². The van der Waals surface area contributed by atoms with Crippen LogP contribution in [0.1, 0.15) is 13.8 Å². The maximum absolute atomic E-state index is 13.4. The second-order valence-electron chi connectivity index (χ2n) is 6.24. The number of halogens is 2. The van der Waals surface area contributed by atoms with Gasteiger partial charge in [0, 0.05) is 12.1 Å². The van der Waals surface area contributed by atoms with E-state index in [9.17, 15) is 23.3 Å². The maximum Gasteiger partial charge on any atom is 0.327 e. The minimum Gasteiger partial charge on any atom is -0.495 e. The maximum atomic E-state index is 13.4. The number of ether oxygens (including phenoxy) is 2. The van der Waals surface area contributed by atoms with Crippen LogP contribution in [0.15, 0.2) is 41.3 Å². The van der Waals surface area contributed by atoms with Crippen LogP contribution in [0.25, 0.3) is 0 Å². The second kappa shape index (κ2) is 9.50. The lowest BCUT2D eigenvalue weighted by molar-refractivity contribution is -0.384. The van der Waals surface area contributed by atoms with Crippen molar-refractivity contribution in [3.05, 3.63) is 56.6 Å². The summed E-state index contributed by atoms with van der Waals surface area (Å²) in [5.74, 6) is -0.858. The highest BCUT2D eigenvalue weighted by Crippen LogP contribution is 2.36. The number of methoxy groups -OCH3 is 1. The first-order chi connectivity index (χ1) is 14.0. The van der Waals surface area contributed by atoms with Crippen LogP contribution in [-0.2, 0) is 19.6 Å². The van der Waals surface area contributed by atoms with Crippen LogP contribution >= 0.6 is 23.2 Å². The molecule has 0 aliphatic carbocycles. The summed E-state index contributed by atoms with van der Waals surface area (Å²) in [7, 11) is -3.15. The number of non-ortho nitro benzene ring substituents is 1. The molecule has 0 N–H and O–H groups in total. The third-order valence-electron chi connectivity index (χ3n) is 3.76. The summed E-state index contributed by atoms with van der Waals surface area (Å²) in [4.78, 5) is 22.6. The fourth-order valence-electron chi connectivity index (χ4n) is 2.47. The summed E-state index contributed by atoms with van der Waals surface area (Å²) in [6, 6.07) is 6.98. The van der Waals surface area contributed by atoms with Gasteiger partial charge < -0.3 is 9.47 Å². The number of carbonyl (C=O) groups is 1. The quantitative estimate of drug-likeness (QED) is 0.320. The van der Waals surface area contributed by atoms with Gasteiger partial charge in [0.05, 0.1) is 33.1 Å². The Kier molecular flexibility index (Phi) is 7.51. The molecule has 0 atom stereocenters. The van der Waals surface area contributed by atoms with E-state index in [-0.39, 0.29) is 26.4 Å². The van der Waals surface area contributed by atoms with Crippen molar-refractivity contribution >= 4 is 50.6 Å². The Balaban J connectivity index is 2.69. The van der Waals surface area contributed by atoms with Crippen molar-refractivity contribution in [2.24, 2.45) is 0 Å². The first-order valence-electron chi connectivity index (χ1n) is 8.47. The van der Waals surface area contributed by atoms with Crippen LogP contribution in [0.5, 0.6) is 5.75 Å². The molecule has 0 heterocycles. The normalized spacial score (nSPS) is 11.3. The molecule has 9 nitrogen and oxygen atoms in total. The van der Waals surface area contributed by atoms with Gasteiger partial charge in [0.25, 0.3) is 15.7 Å². The summed E-state index contributed by atoms with van der Waals surface area (Å²) in [6.07, 6.45) is -0.501. The van der Waals surface area contributed by atoms with Gasteiger partial charge in [-0.15, -0.1) is 0 Å². The molecule has 0 aliphatic rings. The molecule has 30 heavy (non-hydrogen) atoms. The summed E-state index contributed by atoms with van der Waals surface area (Å²) in [5, 5.41) is 11.3. The fourth-order valence-corrected chi connectivity index (χ4v) is 4.27. The number of nitro benzene ring substituents is 1. The van der Waals surface area contributed by atoms with E-state index in [0.29, 0.717) is 4.31 Å². The number of esters is 1. The van der Waals surface area contributed by atoms with Gasteiger partial charge in [-0.05, 0) is 38.1 Å². The topological polar surface area (TPSA) is 116 Å². The molecule has 12 heteroatoms. The van der Waals surface area contributed by atoms with Crippen molar-refractivity contribution in [3.63, 3.8) is 0 Å². The predicted molar refractivity (Wildman–Crippen MR) is 112 cm³/mol. The van der Waals surface area contributed by atoms with Gasteiger partial charge in [0.1, 0.15) is 18.0 Å². The molecule has 0 bridgehead atoms. The molecule has 0 fully saturated rings. The van der Waals surface area contributed by atoms with E-state index in [4.69, 9.17) is 32.7 Å². The van der Waals surface area contributed by atoms with Crippen molar-refractivity contribution in [1.29, 1.82) is 0 Å². The zero-order valence-corrected chi connectivity index (χ0v) is 18.5. The summed E-state index contributed by atoms with van der Waals surface area (Å²) in [5.41, 5.74) is -0.601. The molecule has 162 valence electrons. The third kappa shape index (κ3) is 5.32. The zero-order valence-electron chi connectivity index (χ0n) is 16.2. The zero-order chi connectivity index (χ0) is 22.6. The highest BCUT2D eigenvalue weighted by atomic mass is 35.5. The minimum absolute atomic E-state index is 0.00147. The molecule has 0 unspecified atom stereocenters. The lowest BCUT2D eigenvalue weighted by Gasteiger charge is -2.25. The molecule has 2 aromatic carbocycles. The summed E-state index contributed by atoms with van der Waals surface area (Å²) < 4.78 is 37.6. The van der Waals surface area contributed by atoms with Crippen molar-refractivity contribution in [2.75, 3.05) is 18.0 Å². The molecule has 0 amide bonds. The Bertz CT molecular complexity index is 1070. The van der Waals surface area contributed by atoms with Gasteiger partial charge in [-0.3, -0.25) is 19.2 Å². The van der Waals surface area contributed by atoms with Gasteiger partial charge in [-0.25, -0.2) is 8.42 Å². The number of nitrogens with zero attached hydrogens (tertiary/aromatic N) is 2. The number of sulfonamides is 1. The molecule has 0 aliphatic heterocycles. The Morgan fingerprint density at radius 3 is 2.37 bits per heavy atom. The molecule has 0 radical (unpaired) electrons. The van der Waals surface area contributed by atoms with Crippen molar-refractivity contribution < 1.29 is 27.6 Å². The molecule has 0 aromatic heterocycles. The highest BCUT2D eigenvalue weighted by Gasteiger charge is 2.32. The van der Waals surface area contributed by atoms with Crippen LogP contribution in [0.3, 0.4) is 0 Å². The number of hydrogen-bond donors (Lipinski definition) is 0. The summed E-state index contributed by atoms with van der Waals surface area (Å²) in [6.45, 7) is 2.45. The van der Waals surface area contributed by atoms with E-state index in [0.717, 1.165) is 18.2 Å². The molecule has 2 rings (SSSR count). The Morgan fingerprint density at radius 2 is 1.83 bits per heavy atom. The standard InChI is InChI=1S/C18H18Cl2N2O7S/c1-11(2)29-18(23)10-21(16-8-12(22(24)25)4-7-17(16)28-3)30(26,27)13-5-6-14(19)15(20)9-13/h4-9,11H,10H2,1-3H3. The van der Waals surface area contributed by atoms with E-state index in [2.05, 4.69) is 0 Å². The molecule has 2 aromatic rings. The lowest BCUT2D eigenvalue weighted by Crippen LogP contribution is -2.37. The minimum atomic E-state index is -4.41. The van der Waals surface area contributed by atoms with Crippen LogP contribution in [0.2, 0.25) is 10.0 Å². The average Bonchev–Trinajstić information content (AvgIpc) is 2.66.